The smallest absolute Gasteiger partial charge is 0.417 e. The summed E-state index contributed by atoms with van der Waals surface area (Å²) >= 11 is 0. The number of carbonyl (C=O) groups excluding carboxylic acids is 3. The van der Waals surface area contributed by atoms with E-state index >= 15 is 0 Å². The molecule has 0 radical (unpaired) electrons. The number of methoxy groups -OCH3 is 1. The number of imide groups is 1. The van der Waals surface area contributed by atoms with Crippen LogP contribution in [0.25, 0.3) is 0 Å². The first-order chi connectivity index (χ1) is 8.17. The monoisotopic (exact) mass is 259 g/mol. The van der Waals surface area contributed by atoms with Gasteiger partial charge in [0.25, 0.3) is 5.91 Å². The largest absolute Gasteiger partial charge is 0.467 e. The molecule has 0 aromatic rings. The molecule has 1 fully saturated rings. The minimum absolute atomic E-state index is 0.176. The zero-order chi connectivity index (χ0) is 14.1. The SMILES string of the molecule is COC(=O)[C@@H]1C[C@@H](O)C(=O)N1C(=O)OC(C)(C)C. The molecular weight excluding hydrogens is 242 g/mol. The number of esters is 1. The zero-order valence-corrected chi connectivity index (χ0v) is 10.8. The van der Waals surface area contributed by atoms with Gasteiger partial charge in [0.05, 0.1) is 7.11 Å². The first-order valence-corrected chi connectivity index (χ1v) is 5.49. The number of aliphatic hydroxyl groups excluding tert-OH is 1. The standard InChI is InChI=1S/C11H17NO6/c1-11(2,3)18-10(16)12-6(9(15)17-4)5-7(13)8(12)14/h6-7,13H,5H2,1-4H3/t6-,7+/m0/s1. The van der Waals surface area contributed by atoms with Crippen molar-refractivity contribution in [3.63, 3.8) is 0 Å². The third-order valence-corrected chi connectivity index (χ3v) is 2.34. The molecule has 1 saturated heterocycles. The van der Waals surface area contributed by atoms with E-state index in [-0.39, 0.29) is 6.42 Å². The Bertz CT molecular complexity index is 372. The van der Waals surface area contributed by atoms with E-state index in [9.17, 15) is 19.5 Å². The summed E-state index contributed by atoms with van der Waals surface area (Å²) in [5, 5.41) is 9.42. The molecule has 0 aromatic carbocycles. The van der Waals surface area contributed by atoms with Gasteiger partial charge in [-0.05, 0) is 20.8 Å². The Labute approximate surface area is 105 Å². The van der Waals surface area contributed by atoms with E-state index in [1.165, 1.54) is 0 Å². The Kier molecular flexibility index (Phi) is 3.95. The maximum absolute atomic E-state index is 11.8. The van der Waals surface area contributed by atoms with E-state index in [0.717, 1.165) is 7.11 Å². The molecule has 7 heteroatoms. The zero-order valence-electron chi connectivity index (χ0n) is 10.8. The van der Waals surface area contributed by atoms with E-state index in [1.807, 2.05) is 0 Å². The van der Waals surface area contributed by atoms with Gasteiger partial charge in [0.15, 0.2) is 0 Å². The minimum Gasteiger partial charge on any atom is -0.467 e. The second kappa shape index (κ2) is 4.93. The van der Waals surface area contributed by atoms with Crippen molar-refractivity contribution in [1.29, 1.82) is 0 Å². The molecule has 2 atom stereocenters. The third kappa shape index (κ3) is 2.98. The van der Waals surface area contributed by atoms with Gasteiger partial charge in [0.2, 0.25) is 0 Å². The molecule has 0 saturated carbocycles. The van der Waals surface area contributed by atoms with E-state index < -0.39 is 35.7 Å². The minimum atomic E-state index is -1.39. The van der Waals surface area contributed by atoms with Crippen molar-refractivity contribution >= 4 is 18.0 Å². The van der Waals surface area contributed by atoms with Crippen molar-refractivity contribution in [3.8, 4) is 0 Å². The number of rotatable bonds is 1. The molecule has 0 aromatic heterocycles. The fourth-order valence-corrected chi connectivity index (χ4v) is 1.60. The quantitative estimate of drug-likeness (QED) is 0.669. The first-order valence-electron chi connectivity index (χ1n) is 5.49. The van der Waals surface area contributed by atoms with Gasteiger partial charge in [-0.15, -0.1) is 0 Å². The Morgan fingerprint density at radius 2 is 1.94 bits per heavy atom. The highest BCUT2D eigenvalue weighted by molar-refractivity contribution is 6.01. The predicted molar refractivity (Wildman–Crippen MR) is 59.5 cm³/mol. The average Bonchev–Trinajstić information content (AvgIpc) is 2.52. The van der Waals surface area contributed by atoms with Gasteiger partial charge in [0, 0.05) is 6.42 Å². The number of carbonyl (C=O) groups is 3. The van der Waals surface area contributed by atoms with Crippen LogP contribution in [0.15, 0.2) is 0 Å². The van der Waals surface area contributed by atoms with Crippen LogP contribution < -0.4 is 0 Å². The van der Waals surface area contributed by atoms with Gasteiger partial charge >= 0.3 is 12.1 Å². The molecule has 18 heavy (non-hydrogen) atoms. The summed E-state index contributed by atoms with van der Waals surface area (Å²) in [5.74, 6) is -1.61. The van der Waals surface area contributed by atoms with Crippen LogP contribution in [0.4, 0.5) is 4.79 Å². The number of amides is 2. The van der Waals surface area contributed by atoms with Crippen LogP contribution in [-0.2, 0) is 19.1 Å². The fourth-order valence-electron chi connectivity index (χ4n) is 1.60. The number of likely N-dealkylation sites (tertiary alicyclic amines) is 1. The molecular formula is C11H17NO6. The normalized spacial score (nSPS) is 24.1. The summed E-state index contributed by atoms with van der Waals surface area (Å²) in [6.45, 7) is 4.90. The summed E-state index contributed by atoms with van der Waals surface area (Å²) in [7, 11) is 1.14. The van der Waals surface area contributed by atoms with E-state index in [2.05, 4.69) is 4.74 Å². The molecule has 1 aliphatic rings. The molecule has 102 valence electrons. The summed E-state index contributed by atoms with van der Waals surface area (Å²) in [6, 6.07) is -1.13. The van der Waals surface area contributed by atoms with Crippen LogP contribution in [0, 0.1) is 0 Å². The predicted octanol–water partition coefficient (Wildman–Crippen LogP) is 0.0563. The lowest BCUT2D eigenvalue weighted by atomic mass is 10.2. The molecule has 2 amide bonds. The number of ether oxygens (including phenoxy) is 2. The highest BCUT2D eigenvalue weighted by Crippen LogP contribution is 2.23. The first kappa shape index (κ1) is 14.4. The van der Waals surface area contributed by atoms with Crippen LogP contribution in [0.2, 0.25) is 0 Å². The van der Waals surface area contributed by atoms with Crippen molar-refractivity contribution in [2.45, 2.75) is 44.9 Å². The molecule has 0 bridgehead atoms. The van der Waals surface area contributed by atoms with E-state index in [0.29, 0.717) is 4.90 Å². The van der Waals surface area contributed by atoms with Crippen molar-refractivity contribution in [3.05, 3.63) is 0 Å². The highest BCUT2D eigenvalue weighted by Gasteiger charge is 2.48. The van der Waals surface area contributed by atoms with Crippen LogP contribution in [0.1, 0.15) is 27.2 Å². The molecule has 1 rings (SSSR count). The van der Waals surface area contributed by atoms with Gasteiger partial charge < -0.3 is 14.6 Å². The summed E-state index contributed by atoms with van der Waals surface area (Å²) in [6.07, 6.45) is -2.52. The Balaban J connectivity index is 2.91. The second-order valence-electron chi connectivity index (χ2n) is 4.98. The maximum Gasteiger partial charge on any atom is 0.417 e. The lowest BCUT2D eigenvalue weighted by molar-refractivity contribution is -0.149. The van der Waals surface area contributed by atoms with Gasteiger partial charge in [-0.1, -0.05) is 0 Å². The van der Waals surface area contributed by atoms with Gasteiger partial charge in [0.1, 0.15) is 17.7 Å². The van der Waals surface area contributed by atoms with Gasteiger partial charge in [-0.2, -0.15) is 0 Å². The van der Waals surface area contributed by atoms with Crippen LogP contribution >= 0.6 is 0 Å². The van der Waals surface area contributed by atoms with Crippen molar-refractivity contribution < 1.29 is 29.0 Å². The summed E-state index contributed by atoms with van der Waals surface area (Å²) < 4.78 is 9.50. The Morgan fingerprint density at radius 1 is 1.39 bits per heavy atom. The van der Waals surface area contributed by atoms with Crippen LogP contribution in [0.3, 0.4) is 0 Å². The summed E-state index contributed by atoms with van der Waals surface area (Å²) in [4.78, 5) is 35.5. The van der Waals surface area contributed by atoms with Crippen molar-refractivity contribution in [2.75, 3.05) is 7.11 Å². The topological polar surface area (TPSA) is 93.1 Å². The average molecular weight is 259 g/mol. The second-order valence-corrected chi connectivity index (χ2v) is 4.98. The number of nitrogens with zero attached hydrogens (tertiary/aromatic N) is 1. The van der Waals surface area contributed by atoms with Crippen LogP contribution in [-0.4, -0.2) is 52.8 Å². The van der Waals surface area contributed by atoms with Crippen molar-refractivity contribution in [2.24, 2.45) is 0 Å². The van der Waals surface area contributed by atoms with E-state index in [4.69, 9.17) is 4.74 Å². The molecule has 1 N–H and O–H groups in total. The molecule has 0 aliphatic carbocycles. The lowest BCUT2D eigenvalue weighted by Crippen LogP contribution is -2.46. The van der Waals surface area contributed by atoms with E-state index in [1.54, 1.807) is 20.8 Å². The Hall–Kier alpha value is -1.63. The fraction of sp³-hybridized carbons (Fsp3) is 0.727. The van der Waals surface area contributed by atoms with Crippen LogP contribution in [0.5, 0.6) is 0 Å². The summed E-state index contributed by atoms with van der Waals surface area (Å²) in [5.41, 5.74) is -0.800. The number of hydrogen-bond acceptors (Lipinski definition) is 6. The van der Waals surface area contributed by atoms with Gasteiger partial charge in [-0.25, -0.2) is 14.5 Å². The third-order valence-electron chi connectivity index (χ3n) is 2.34. The number of aliphatic hydroxyl groups is 1. The molecule has 0 unspecified atom stereocenters. The molecule has 1 aliphatic heterocycles. The molecule has 1 heterocycles. The molecule has 0 spiro atoms. The number of hydrogen-bond donors (Lipinski definition) is 1. The Morgan fingerprint density at radius 3 is 2.39 bits per heavy atom. The van der Waals surface area contributed by atoms with Crippen molar-refractivity contribution in [1.82, 2.24) is 4.90 Å². The van der Waals surface area contributed by atoms with Gasteiger partial charge in [-0.3, -0.25) is 4.79 Å². The lowest BCUT2D eigenvalue weighted by Gasteiger charge is -2.25. The highest BCUT2D eigenvalue weighted by atomic mass is 16.6. The maximum atomic E-state index is 11.8. The molecule has 7 nitrogen and oxygen atoms in total.